The molecule has 1 unspecified atom stereocenters. The van der Waals surface area contributed by atoms with Crippen molar-refractivity contribution in [3.63, 3.8) is 0 Å². The zero-order valence-electron chi connectivity index (χ0n) is 15.0. The maximum Gasteiger partial charge on any atom is 0.341 e. The van der Waals surface area contributed by atoms with E-state index in [2.05, 4.69) is 0 Å². The number of sulfonamides is 1. The zero-order chi connectivity index (χ0) is 19.8. The minimum Gasteiger partial charge on any atom is -0.508 e. The van der Waals surface area contributed by atoms with Crippen molar-refractivity contribution in [2.24, 2.45) is 0 Å². The monoisotopic (exact) mass is 391 g/mol. The summed E-state index contributed by atoms with van der Waals surface area (Å²) in [5.41, 5.74) is 2.36. The third-order valence-corrected chi connectivity index (χ3v) is 6.42. The van der Waals surface area contributed by atoms with Crippen LogP contribution in [0, 0.1) is 6.92 Å². The third-order valence-electron chi connectivity index (χ3n) is 4.62. The predicted octanol–water partition coefficient (Wildman–Crippen LogP) is 2.47. The molecule has 2 aromatic rings. The second-order valence-electron chi connectivity index (χ2n) is 6.69. The van der Waals surface area contributed by atoms with Crippen LogP contribution in [0.4, 0.5) is 0 Å². The highest BCUT2D eigenvalue weighted by Crippen LogP contribution is 2.34. The maximum absolute atomic E-state index is 13.1. The number of hydrogen-bond acceptors (Lipinski definition) is 5. The third kappa shape index (κ3) is 3.91. The van der Waals surface area contributed by atoms with E-state index in [0.29, 0.717) is 17.9 Å². The van der Waals surface area contributed by atoms with Crippen LogP contribution in [0.3, 0.4) is 0 Å². The van der Waals surface area contributed by atoms with Crippen LogP contribution in [-0.2, 0) is 21.4 Å². The van der Waals surface area contributed by atoms with E-state index in [-0.39, 0.29) is 23.1 Å². The molecule has 2 N–H and O–H groups in total. The van der Waals surface area contributed by atoms with Gasteiger partial charge < -0.3 is 14.9 Å². The molecule has 1 atom stereocenters. The SMILES string of the molecule is Cc1cc(S(=O)(=O)N2Cc3cc(O)ccc3C(C)C2)ccc1OCC(=O)O. The number of phenolic OH excluding ortho intramolecular Hbond substituents is 1. The fraction of sp³-hybridized carbons (Fsp3) is 0.316. The van der Waals surface area contributed by atoms with E-state index in [0.717, 1.165) is 11.1 Å². The lowest BCUT2D eigenvalue weighted by molar-refractivity contribution is -0.139. The Labute approximate surface area is 157 Å². The Morgan fingerprint density at radius 3 is 2.67 bits per heavy atom. The summed E-state index contributed by atoms with van der Waals surface area (Å²) in [7, 11) is -3.74. The van der Waals surface area contributed by atoms with Gasteiger partial charge in [0.05, 0.1) is 4.90 Å². The lowest BCUT2D eigenvalue weighted by atomic mass is 9.92. The molecular formula is C19H21NO6S. The Morgan fingerprint density at radius 2 is 2.00 bits per heavy atom. The number of ether oxygens (including phenoxy) is 1. The van der Waals surface area contributed by atoms with Crippen LogP contribution < -0.4 is 4.74 Å². The number of phenols is 1. The maximum atomic E-state index is 13.1. The number of carbonyl (C=O) groups is 1. The molecule has 2 aromatic carbocycles. The Bertz CT molecular complexity index is 986. The highest BCUT2D eigenvalue weighted by atomic mass is 32.2. The van der Waals surface area contributed by atoms with Crippen LogP contribution in [0.2, 0.25) is 0 Å². The number of hydrogen-bond donors (Lipinski definition) is 2. The molecular weight excluding hydrogens is 370 g/mol. The number of rotatable bonds is 5. The summed E-state index contributed by atoms with van der Waals surface area (Å²) in [6, 6.07) is 9.41. The molecule has 1 aliphatic rings. The molecule has 3 rings (SSSR count). The minimum atomic E-state index is -3.74. The van der Waals surface area contributed by atoms with Gasteiger partial charge in [0, 0.05) is 13.1 Å². The fourth-order valence-electron chi connectivity index (χ4n) is 3.28. The molecule has 7 nitrogen and oxygen atoms in total. The van der Waals surface area contributed by atoms with Crippen molar-refractivity contribution in [1.29, 1.82) is 0 Å². The van der Waals surface area contributed by atoms with Gasteiger partial charge >= 0.3 is 5.97 Å². The Kier molecular flexibility index (Phi) is 5.12. The highest BCUT2D eigenvalue weighted by Gasteiger charge is 2.32. The molecule has 0 radical (unpaired) electrons. The summed E-state index contributed by atoms with van der Waals surface area (Å²) in [6.45, 7) is 3.66. The van der Waals surface area contributed by atoms with E-state index in [1.54, 1.807) is 19.1 Å². The lowest BCUT2D eigenvalue weighted by Crippen LogP contribution is -2.37. The summed E-state index contributed by atoms with van der Waals surface area (Å²) in [6.07, 6.45) is 0. The van der Waals surface area contributed by atoms with Crippen LogP contribution in [0.1, 0.15) is 29.5 Å². The van der Waals surface area contributed by atoms with Gasteiger partial charge in [0.2, 0.25) is 10.0 Å². The molecule has 0 aliphatic carbocycles. The molecule has 0 saturated heterocycles. The normalized spacial score (nSPS) is 17.3. The molecule has 8 heteroatoms. The number of carboxylic acid groups (broad SMARTS) is 1. The van der Waals surface area contributed by atoms with E-state index < -0.39 is 22.6 Å². The van der Waals surface area contributed by atoms with Gasteiger partial charge in [-0.2, -0.15) is 4.31 Å². The average molecular weight is 391 g/mol. The van der Waals surface area contributed by atoms with Crippen molar-refractivity contribution in [1.82, 2.24) is 4.31 Å². The summed E-state index contributed by atoms with van der Waals surface area (Å²) in [5, 5.41) is 18.4. The lowest BCUT2D eigenvalue weighted by Gasteiger charge is -2.32. The van der Waals surface area contributed by atoms with Crippen LogP contribution in [0.15, 0.2) is 41.3 Å². The number of aromatic hydroxyl groups is 1. The van der Waals surface area contributed by atoms with Gasteiger partial charge in [0.1, 0.15) is 11.5 Å². The van der Waals surface area contributed by atoms with Crippen molar-refractivity contribution in [2.75, 3.05) is 13.2 Å². The van der Waals surface area contributed by atoms with Crippen molar-refractivity contribution in [3.8, 4) is 11.5 Å². The van der Waals surface area contributed by atoms with Gasteiger partial charge in [0.25, 0.3) is 0 Å². The highest BCUT2D eigenvalue weighted by molar-refractivity contribution is 7.89. The van der Waals surface area contributed by atoms with Crippen LogP contribution in [0.5, 0.6) is 11.5 Å². The second kappa shape index (κ2) is 7.21. The number of aryl methyl sites for hydroxylation is 1. The first-order valence-corrected chi connectivity index (χ1v) is 9.89. The number of aliphatic carboxylic acids is 1. The van der Waals surface area contributed by atoms with E-state index in [1.807, 2.05) is 13.0 Å². The molecule has 0 saturated carbocycles. The number of nitrogens with zero attached hydrogens (tertiary/aromatic N) is 1. The Hall–Kier alpha value is -2.58. The molecule has 1 aliphatic heterocycles. The number of fused-ring (bicyclic) bond motifs is 1. The summed E-state index contributed by atoms with van der Waals surface area (Å²) in [4.78, 5) is 10.8. The standard InChI is InChI=1S/C19H21NO6S/c1-12-7-16(4-6-18(12)26-11-19(22)23)27(24,25)20-9-13(2)17-5-3-15(21)8-14(17)10-20/h3-8,13,21H,9-11H2,1-2H3,(H,22,23). The van der Waals surface area contributed by atoms with E-state index in [9.17, 15) is 18.3 Å². The minimum absolute atomic E-state index is 0.00314. The first-order chi connectivity index (χ1) is 12.7. The summed E-state index contributed by atoms with van der Waals surface area (Å²) >= 11 is 0. The molecule has 27 heavy (non-hydrogen) atoms. The van der Waals surface area contributed by atoms with Gasteiger partial charge in [-0.05, 0) is 59.9 Å². The Morgan fingerprint density at radius 1 is 1.26 bits per heavy atom. The van der Waals surface area contributed by atoms with Crippen molar-refractivity contribution < 1.29 is 28.2 Å². The van der Waals surface area contributed by atoms with Crippen molar-refractivity contribution in [2.45, 2.75) is 31.2 Å². The largest absolute Gasteiger partial charge is 0.508 e. The number of benzene rings is 2. The number of carboxylic acids is 1. The summed E-state index contributed by atoms with van der Waals surface area (Å²) in [5.74, 6) is -0.659. The molecule has 144 valence electrons. The first-order valence-electron chi connectivity index (χ1n) is 8.45. The van der Waals surface area contributed by atoms with E-state index >= 15 is 0 Å². The van der Waals surface area contributed by atoms with Crippen LogP contribution in [0.25, 0.3) is 0 Å². The Balaban J connectivity index is 1.88. The van der Waals surface area contributed by atoms with E-state index in [4.69, 9.17) is 9.84 Å². The van der Waals surface area contributed by atoms with Gasteiger partial charge in [-0.15, -0.1) is 0 Å². The zero-order valence-corrected chi connectivity index (χ0v) is 15.9. The van der Waals surface area contributed by atoms with Gasteiger partial charge in [0.15, 0.2) is 6.61 Å². The predicted molar refractivity (Wildman–Crippen MR) is 98.4 cm³/mol. The van der Waals surface area contributed by atoms with Crippen LogP contribution >= 0.6 is 0 Å². The molecule has 0 fully saturated rings. The smallest absolute Gasteiger partial charge is 0.341 e. The second-order valence-corrected chi connectivity index (χ2v) is 8.63. The summed E-state index contributed by atoms with van der Waals surface area (Å²) < 4.78 is 32.7. The van der Waals surface area contributed by atoms with Gasteiger partial charge in [-0.3, -0.25) is 0 Å². The van der Waals surface area contributed by atoms with Crippen LogP contribution in [-0.4, -0.2) is 42.1 Å². The average Bonchev–Trinajstić information content (AvgIpc) is 2.59. The first kappa shape index (κ1) is 19.2. The molecule has 0 bridgehead atoms. The van der Waals surface area contributed by atoms with Crippen molar-refractivity contribution in [3.05, 3.63) is 53.1 Å². The van der Waals surface area contributed by atoms with Gasteiger partial charge in [-0.25, -0.2) is 13.2 Å². The van der Waals surface area contributed by atoms with E-state index in [1.165, 1.54) is 22.5 Å². The molecule has 1 heterocycles. The molecule has 0 amide bonds. The molecule has 0 aromatic heterocycles. The fourth-order valence-corrected chi connectivity index (χ4v) is 4.88. The topological polar surface area (TPSA) is 104 Å². The molecule has 0 spiro atoms. The van der Waals surface area contributed by atoms with Crippen molar-refractivity contribution >= 4 is 16.0 Å². The van der Waals surface area contributed by atoms with Gasteiger partial charge in [-0.1, -0.05) is 13.0 Å². The quantitative estimate of drug-likeness (QED) is 0.811.